The number of hydrogen-bond donors (Lipinski definition) is 2. The summed E-state index contributed by atoms with van der Waals surface area (Å²) in [5.74, 6) is -0.761. The van der Waals surface area contributed by atoms with Crippen molar-refractivity contribution < 1.29 is 38.1 Å². The molecule has 1 aromatic carbocycles. The number of piperidine rings is 1. The molecule has 1 aliphatic heterocycles. The van der Waals surface area contributed by atoms with Crippen molar-refractivity contribution in [2.24, 2.45) is 7.05 Å². The van der Waals surface area contributed by atoms with Gasteiger partial charge in [-0.3, -0.25) is 24.0 Å². The van der Waals surface area contributed by atoms with Gasteiger partial charge in [-0.05, 0) is 51.3 Å². The summed E-state index contributed by atoms with van der Waals surface area (Å²) in [4.78, 5) is 48.2. The molecule has 0 aliphatic carbocycles. The van der Waals surface area contributed by atoms with E-state index >= 15 is 0 Å². The summed E-state index contributed by atoms with van der Waals surface area (Å²) in [7, 11) is 1.67. The summed E-state index contributed by atoms with van der Waals surface area (Å²) in [5.41, 5.74) is 1.58. The van der Waals surface area contributed by atoms with Crippen LogP contribution in [-0.2, 0) is 46.7 Å². The third kappa shape index (κ3) is 10.3. The third-order valence-corrected chi connectivity index (χ3v) is 6.24. The third-order valence-electron chi connectivity index (χ3n) is 6.24. The lowest BCUT2D eigenvalue weighted by molar-refractivity contribution is -0.135. The molecule has 1 fully saturated rings. The number of aryl methyl sites for hydroxylation is 1. The van der Waals surface area contributed by atoms with Crippen LogP contribution in [0.2, 0.25) is 0 Å². The van der Waals surface area contributed by atoms with E-state index in [-0.39, 0.29) is 18.0 Å². The highest BCUT2D eigenvalue weighted by Gasteiger charge is 2.31. The van der Waals surface area contributed by atoms with Crippen LogP contribution in [0.25, 0.3) is 11.0 Å². The van der Waals surface area contributed by atoms with Crippen LogP contribution in [0.5, 0.6) is 0 Å². The summed E-state index contributed by atoms with van der Waals surface area (Å²) in [6.45, 7) is 9.27. The number of carbonyl (C=O) groups excluding carboxylic acids is 3. The molecule has 13 heteroatoms. The lowest BCUT2D eigenvalue weighted by atomic mass is 10.1. The standard InChI is InChI=1S/C28H42N4O9/c1-28(2,3)41-26(35)29-10-12-38-14-16-40-18-17-39-15-13-37-11-9-20-5-6-21-23(19-20)31(4)27(36)32(21)22-7-8-24(33)30-25(22)34/h5-6,19,22H,7-18H2,1-4H3,(H,29,35)(H,30,33,34). The number of ether oxygens (including phenoxy) is 5. The molecule has 0 bridgehead atoms. The molecule has 0 radical (unpaired) electrons. The lowest BCUT2D eigenvalue weighted by Gasteiger charge is -2.21. The molecule has 1 unspecified atom stereocenters. The van der Waals surface area contributed by atoms with Crippen molar-refractivity contribution in [2.75, 3.05) is 59.4 Å². The maximum atomic E-state index is 12.9. The largest absolute Gasteiger partial charge is 0.444 e. The number of alkyl carbamates (subject to hydrolysis) is 1. The van der Waals surface area contributed by atoms with Gasteiger partial charge >= 0.3 is 11.8 Å². The maximum Gasteiger partial charge on any atom is 0.407 e. The number of rotatable bonds is 16. The van der Waals surface area contributed by atoms with Gasteiger partial charge in [-0.1, -0.05) is 6.07 Å². The van der Waals surface area contributed by atoms with Crippen molar-refractivity contribution >= 4 is 28.9 Å². The summed E-state index contributed by atoms with van der Waals surface area (Å²) < 4.78 is 30.2. The van der Waals surface area contributed by atoms with E-state index in [0.29, 0.717) is 77.8 Å². The van der Waals surface area contributed by atoms with Crippen LogP contribution >= 0.6 is 0 Å². The van der Waals surface area contributed by atoms with E-state index in [2.05, 4.69) is 10.6 Å². The van der Waals surface area contributed by atoms with Gasteiger partial charge in [0.25, 0.3) is 0 Å². The molecule has 1 aliphatic rings. The highest BCUT2D eigenvalue weighted by atomic mass is 16.6. The van der Waals surface area contributed by atoms with E-state index in [1.165, 1.54) is 9.13 Å². The van der Waals surface area contributed by atoms with Crippen molar-refractivity contribution in [3.05, 3.63) is 34.2 Å². The quantitative estimate of drug-likeness (QED) is 0.223. The minimum atomic E-state index is -0.698. The van der Waals surface area contributed by atoms with Crippen molar-refractivity contribution in [3.63, 3.8) is 0 Å². The lowest BCUT2D eigenvalue weighted by Crippen LogP contribution is -2.44. The van der Waals surface area contributed by atoms with Crippen LogP contribution in [0.15, 0.2) is 23.0 Å². The average molecular weight is 579 g/mol. The minimum Gasteiger partial charge on any atom is -0.444 e. The number of carbonyl (C=O) groups is 3. The number of nitrogens with one attached hydrogen (secondary N) is 2. The second-order valence-electron chi connectivity index (χ2n) is 10.6. The Kier molecular flexibility index (Phi) is 12.3. The fourth-order valence-electron chi connectivity index (χ4n) is 4.29. The number of hydrogen-bond acceptors (Lipinski definition) is 9. The first-order chi connectivity index (χ1) is 19.6. The molecule has 0 spiro atoms. The zero-order valence-electron chi connectivity index (χ0n) is 24.4. The zero-order valence-corrected chi connectivity index (χ0v) is 24.4. The van der Waals surface area contributed by atoms with Crippen molar-refractivity contribution in [1.29, 1.82) is 0 Å². The van der Waals surface area contributed by atoms with Crippen molar-refractivity contribution in [2.45, 2.75) is 51.7 Å². The van der Waals surface area contributed by atoms with Crippen molar-refractivity contribution in [1.82, 2.24) is 19.8 Å². The first-order valence-corrected chi connectivity index (χ1v) is 13.9. The van der Waals surface area contributed by atoms with Gasteiger partial charge in [0.05, 0.1) is 63.9 Å². The fraction of sp³-hybridized carbons (Fsp3) is 0.643. The van der Waals surface area contributed by atoms with E-state index in [1.54, 1.807) is 27.8 Å². The smallest absolute Gasteiger partial charge is 0.407 e. The molecular formula is C28H42N4O9. The molecule has 1 atom stereocenters. The number of aromatic nitrogens is 2. The number of amides is 3. The summed E-state index contributed by atoms with van der Waals surface area (Å²) in [6, 6.07) is 4.99. The predicted octanol–water partition coefficient (Wildman–Crippen LogP) is 1.45. The second-order valence-corrected chi connectivity index (χ2v) is 10.6. The number of nitrogens with zero attached hydrogens (tertiary/aromatic N) is 2. The van der Waals surface area contributed by atoms with Crippen molar-refractivity contribution in [3.8, 4) is 0 Å². The van der Waals surface area contributed by atoms with Gasteiger partial charge in [-0.15, -0.1) is 0 Å². The van der Waals surface area contributed by atoms with E-state index in [0.717, 1.165) is 11.1 Å². The minimum absolute atomic E-state index is 0.207. The first kappa shape index (κ1) is 32.3. The Morgan fingerprint density at radius 3 is 2.15 bits per heavy atom. The van der Waals surface area contributed by atoms with Crippen LogP contribution in [0.3, 0.4) is 0 Å². The number of benzene rings is 1. The molecule has 228 valence electrons. The highest BCUT2D eigenvalue weighted by Crippen LogP contribution is 2.23. The Labute approximate surface area is 239 Å². The Bertz CT molecular complexity index is 1230. The highest BCUT2D eigenvalue weighted by molar-refractivity contribution is 6.00. The molecule has 2 heterocycles. The molecule has 41 heavy (non-hydrogen) atoms. The van der Waals surface area contributed by atoms with Gasteiger partial charge in [-0.2, -0.15) is 0 Å². The molecule has 3 rings (SSSR count). The molecule has 2 N–H and O–H groups in total. The van der Waals surface area contributed by atoms with Gasteiger partial charge in [0, 0.05) is 20.0 Å². The maximum absolute atomic E-state index is 12.9. The Hall–Kier alpha value is -3.26. The molecule has 3 amide bonds. The Morgan fingerprint density at radius 1 is 0.927 bits per heavy atom. The first-order valence-electron chi connectivity index (χ1n) is 13.9. The van der Waals surface area contributed by atoms with Gasteiger partial charge in [-0.25, -0.2) is 9.59 Å². The van der Waals surface area contributed by atoms with Gasteiger partial charge in [0.1, 0.15) is 11.6 Å². The normalized spacial score (nSPS) is 15.8. The topological polar surface area (TPSA) is 148 Å². The van der Waals surface area contributed by atoms with Gasteiger partial charge in [0.2, 0.25) is 11.8 Å². The van der Waals surface area contributed by atoms with Crippen LogP contribution in [0.4, 0.5) is 4.79 Å². The Morgan fingerprint density at radius 2 is 1.54 bits per heavy atom. The van der Waals surface area contributed by atoms with Crippen LogP contribution in [0.1, 0.15) is 45.2 Å². The molecular weight excluding hydrogens is 536 g/mol. The van der Waals surface area contributed by atoms with Crippen LogP contribution in [-0.4, -0.2) is 92.0 Å². The van der Waals surface area contributed by atoms with E-state index in [9.17, 15) is 19.2 Å². The Balaban J connectivity index is 1.23. The van der Waals surface area contributed by atoms with Gasteiger partial charge in [0.15, 0.2) is 0 Å². The van der Waals surface area contributed by atoms with E-state index in [4.69, 9.17) is 23.7 Å². The zero-order chi connectivity index (χ0) is 29.8. The average Bonchev–Trinajstić information content (AvgIpc) is 3.14. The van der Waals surface area contributed by atoms with E-state index < -0.39 is 23.6 Å². The molecule has 2 aromatic rings. The SMILES string of the molecule is Cn1c(=O)n(C2CCC(=O)NC2=O)c2ccc(CCOCCOCCOCCOCCNC(=O)OC(C)(C)C)cc21. The predicted molar refractivity (Wildman–Crippen MR) is 150 cm³/mol. The molecule has 13 nitrogen and oxygen atoms in total. The number of fused-ring (bicyclic) bond motifs is 1. The monoisotopic (exact) mass is 578 g/mol. The van der Waals surface area contributed by atoms with Crippen LogP contribution in [0, 0.1) is 0 Å². The summed E-state index contributed by atoms with van der Waals surface area (Å²) >= 11 is 0. The second kappa shape index (κ2) is 15.7. The van der Waals surface area contributed by atoms with Crippen LogP contribution < -0.4 is 16.3 Å². The fourth-order valence-corrected chi connectivity index (χ4v) is 4.29. The summed E-state index contributed by atoms with van der Waals surface area (Å²) in [5, 5.41) is 4.94. The number of imidazole rings is 1. The molecule has 0 saturated carbocycles. The van der Waals surface area contributed by atoms with E-state index in [1.807, 2.05) is 18.2 Å². The number of imide groups is 1. The summed E-state index contributed by atoms with van der Waals surface area (Å²) in [6.07, 6.45) is 0.702. The van der Waals surface area contributed by atoms with Gasteiger partial charge < -0.3 is 29.0 Å². The molecule has 1 saturated heterocycles. The molecule has 1 aromatic heterocycles.